The van der Waals surface area contributed by atoms with E-state index in [1.807, 2.05) is 0 Å². The Morgan fingerprint density at radius 2 is 1.11 bits per heavy atom. The Kier molecular flexibility index (Phi) is 6.72. The molecule has 2 heteroatoms. The molecule has 1 heterocycles. The third-order valence-electron chi connectivity index (χ3n) is 12.7. The minimum Gasteiger partial charge on any atom is -0.454 e. The highest BCUT2D eigenvalue weighted by Crippen LogP contribution is 2.66. The lowest BCUT2D eigenvalue weighted by Crippen LogP contribution is -2.26. The first-order valence-corrected chi connectivity index (χ1v) is 19.9. The van der Waals surface area contributed by atoms with Gasteiger partial charge in [-0.15, -0.1) is 0 Å². The van der Waals surface area contributed by atoms with E-state index in [-0.39, 0.29) is 0 Å². The maximum Gasteiger partial charge on any atom is 0.160 e. The molecule has 2 nitrogen and oxygen atoms in total. The summed E-state index contributed by atoms with van der Waals surface area (Å²) in [5.74, 6) is 0. The van der Waals surface area contributed by atoms with Gasteiger partial charge in [0.05, 0.1) is 11.1 Å². The van der Waals surface area contributed by atoms with Gasteiger partial charge in [0.15, 0.2) is 5.58 Å². The van der Waals surface area contributed by atoms with Gasteiger partial charge >= 0.3 is 0 Å². The first-order valence-electron chi connectivity index (χ1n) is 19.9. The fourth-order valence-corrected chi connectivity index (χ4v) is 10.3. The Hall–Kier alpha value is -7.16. The highest BCUT2D eigenvalue weighted by Gasteiger charge is 2.53. The molecule has 2 aliphatic carbocycles. The summed E-state index contributed by atoms with van der Waals surface area (Å²) in [5, 5.41) is 4.78. The largest absolute Gasteiger partial charge is 0.454 e. The highest BCUT2D eigenvalue weighted by atomic mass is 16.3. The summed E-state index contributed by atoms with van der Waals surface area (Å²) in [6.07, 6.45) is 0. The predicted octanol–water partition coefficient (Wildman–Crippen LogP) is 14.8. The van der Waals surface area contributed by atoms with Crippen LogP contribution in [0, 0.1) is 13.8 Å². The van der Waals surface area contributed by atoms with Crippen LogP contribution in [0.15, 0.2) is 192 Å². The Morgan fingerprint density at radius 1 is 0.439 bits per heavy atom. The van der Waals surface area contributed by atoms with E-state index in [9.17, 15) is 0 Å². The zero-order valence-electron chi connectivity index (χ0n) is 31.8. The monoisotopic (exact) mass is 727 g/mol. The van der Waals surface area contributed by atoms with Crippen LogP contribution in [0.1, 0.15) is 33.4 Å². The van der Waals surface area contributed by atoms with Crippen LogP contribution in [0.5, 0.6) is 0 Å². The van der Waals surface area contributed by atoms with E-state index in [0.29, 0.717) is 0 Å². The van der Waals surface area contributed by atoms with Crippen molar-refractivity contribution in [1.29, 1.82) is 0 Å². The van der Waals surface area contributed by atoms with E-state index < -0.39 is 5.41 Å². The summed E-state index contributed by atoms with van der Waals surface area (Å²) >= 11 is 0. The molecule has 2 aliphatic rings. The van der Waals surface area contributed by atoms with Gasteiger partial charge < -0.3 is 9.32 Å². The Labute approximate surface area is 331 Å². The minimum atomic E-state index is -0.553. The lowest BCUT2D eigenvalue weighted by Gasteiger charge is -2.33. The first kappa shape index (κ1) is 32.1. The van der Waals surface area contributed by atoms with Gasteiger partial charge in [-0.2, -0.15) is 0 Å². The third-order valence-corrected chi connectivity index (χ3v) is 12.7. The molecule has 10 aromatic rings. The molecule has 0 fully saturated rings. The number of fused-ring (bicyclic) bond motifs is 16. The average Bonchev–Trinajstić information content (AvgIpc) is 3.90. The average molecular weight is 728 g/mol. The SMILES string of the molecule is Cc1ccc(N(c2ccccc2C)c2cc3c(c4c2oc2ccccc24)-c2c(ccc4ccccc24)C32c3ccccc3-c3ccccc32)cc1-c1ccccc1. The van der Waals surface area contributed by atoms with Gasteiger partial charge in [0.25, 0.3) is 0 Å². The number of furan rings is 1. The van der Waals surface area contributed by atoms with Gasteiger partial charge in [-0.25, -0.2) is 0 Å². The maximum atomic E-state index is 7.19. The van der Waals surface area contributed by atoms with Crippen LogP contribution >= 0.6 is 0 Å². The number of anilines is 3. The number of hydrogen-bond donors (Lipinski definition) is 0. The molecular formula is C55H37NO. The van der Waals surface area contributed by atoms with Crippen molar-refractivity contribution < 1.29 is 4.42 Å². The topological polar surface area (TPSA) is 16.4 Å². The van der Waals surface area contributed by atoms with Crippen LogP contribution in [0.25, 0.3) is 66.1 Å². The molecule has 57 heavy (non-hydrogen) atoms. The van der Waals surface area contributed by atoms with E-state index in [0.717, 1.165) is 39.0 Å². The minimum absolute atomic E-state index is 0.553. The first-order chi connectivity index (χ1) is 28.1. The standard InChI is InChI=1S/C55H37NO/c1-34-28-30-38(32-43(34)36-17-4-3-5-18-36)56(48-26-14-6-16-35(48)2)49-33-47-53(52-42-23-11-15-27-50(42)57-54(49)52)51-39-20-8-7-19-37(39)29-31-46(51)55(47)44-24-12-9-21-40(44)41-22-10-13-25-45(41)55/h3-33H,1-2H3. The predicted molar refractivity (Wildman–Crippen MR) is 237 cm³/mol. The van der Waals surface area contributed by atoms with Crippen molar-refractivity contribution in [3.8, 4) is 33.4 Å². The Morgan fingerprint density at radius 3 is 1.89 bits per heavy atom. The molecule has 0 unspecified atom stereocenters. The summed E-state index contributed by atoms with van der Waals surface area (Å²) in [7, 11) is 0. The van der Waals surface area contributed by atoms with Gasteiger partial charge in [-0.3, -0.25) is 0 Å². The second-order valence-electron chi connectivity index (χ2n) is 15.7. The van der Waals surface area contributed by atoms with Crippen molar-refractivity contribution in [2.24, 2.45) is 0 Å². The smallest absolute Gasteiger partial charge is 0.160 e. The lowest BCUT2D eigenvalue weighted by molar-refractivity contribution is 0.668. The van der Waals surface area contributed by atoms with Gasteiger partial charge in [-0.05, 0) is 122 Å². The molecule has 0 radical (unpaired) electrons. The van der Waals surface area contributed by atoms with Gasteiger partial charge in [0.2, 0.25) is 0 Å². The van der Waals surface area contributed by atoms with Crippen LogP contribution in [0.2, 0.25) is 0 Å². The molecule has 0 atom stereocenters. The summed E-state index contributed by atoms with van der Waals surface area (Å²) in [5.41, 5.74) is 19.7. The second kappa shape index (κ2) is 11.9. The van der Waals surface area contributed by atoms with E-state index in [2.05, 4.69) is 207 Å². The van der Waals surface area contributed by atoms with Crippen molar-refractivity contribution in [2.45, 2.75) is 19.3 Å². The number of benzene rings is 9. The summed E-state index contributed by atoms with van der Waals surface area (Å²) in [6.45, 7) is 4.42. The van der Waals surface area contributed by atoms with Crippen molar-refractivity contribution in [2.75, 3.05) is 4.90 Å². The van der Waals surface area contributed by atoms with Crippen LogP contribution < -0.4 is 4.90 Å². The maximum absolute atomic E-state index is 7.19. The van der Waals surface area contributed by atoms with Crippen molar-refractivity contribution >= 4 is 49.8 Å². The zero-order valence-corrected chi connectivity index (χ0v) is 31.8. The van der Waals surface area contributed by atoms with Gasteiger partial charge in [0, 0.05) is 22.1 Å². The quantitative estimate of drug-likeness (QED) is 0.179. The number of rotatable bonds is 4. The molecule has 12 rings (SSSR count). The van der Waals surface area contributed by atoms with Crippen LogP contribution in [-0.2, 0) is 5.41 Å². The number of nitrogens with zero attached hydrogens (tertiary/aromatic N) is 1. The molecule has 9 aromatic carbocycles. The molecule has 0 saturated carbocycles. The van der Waals surface area contributed by atoms with Gasteiger partial charge in [-0.1, -0.05) is 158 Å². The molecule has 0 bridgehead atoms. The number of hydrogen-bond acceptors (Lipinski definition) is 2. The normalized spacial score (nSPS) is 13.2. The van der Waals surface area contributed by atoms with Crippen molar-refractivity contribution in [3.63, 3.8) is 0 Å². The van der Waals surface area contributed by atoms with E-state index >= 15 is 0 Å². The van der Waals surface area contributed by atoms with Crippen LogP contribution in [-0.4, -0.2) is 0 Å². The van der Waals surface area contributed by atoms with Crippen LogP contribution in [0.3, 0.4) is 0 Å². The van der Waals surface area contributed by atoms with E-state index in [4.69, 9.17) is 4.42 Å². The fourth-order valence-electron chi connectivity index (χ4n) is 10.3. The van der Waals surface area contributed by atoms with Crippen molar-refractivity contribution in [3.05, 3.63) is 221 Å². The summed E-state index contributed by atoms with van der Waals surface area (Å²) in [6, 6.07) is 69.3. The molecule has 0 aliphatic heterocycles. The molecule has 0 saturated heterocycles. The van der Waals surface area contributed by atoms with E-state index in [1.165, 1.54) is 77.5 Å². The lowest BCUT2D eigenvalue weighted by atomic mass is 9.70. The number of aryl methyl sites for hydroxylation is 2. The van der Waals surface area contributed by atoms with Crippen molar-refractivity contribution in [1.82, 2.24) is 0 Å². The second-order valence-corrected chi connectivity index (χ2v) is 15.7. The zero-order chi connectivity index (χ0) is 37.8. The molecule has 1 spiro atoms. The Balaban J connectivity index is 1.29. The fraction of sp³-hybridized carbons (Fsp3) is 0.0545. The van der Waals surface area contributed by atoms with E-state index in [1.54, 1.807) is 0 Å². The molecule has 0 amide bonds. The Bertz CT molecular complexity index is 3230. The highest BCUT2D eigenvalue weighted by molar-refractivity contribution is 6.23. The summed E-state index contributed by atoms with van der Waals surface area (Å²) < 4.78 is 7.19. The molecule has 268 valence electrons. The third kappa shape index (κ3) is 4.30. The molecule has 0 N–H and O–H groups in total. The number of para-hydroxylation sites is 2. The van der Waals surface area contributed by atoms with Gasteiger partial charge in [0.1, 0.15) is 5.58 Å². The molecule has 1 aromatic heterocycles. The van der Waals surface area contributed by atoms with Crippen LogP contribution in [0.4, 0.5) is 17.1 Å². The molecular weight excluding hydrogens is 691 g/mol. The summed E-state index contributed by atoms with van der Waals surface area (Å²) in [4.78, 5) is 2.45.